The van der Waals surface area contributed by atoms with Crippen LogP contribution >= 0.6 is 11.3 Å². The van der Waals surface area contributed by atoms with Gasteiger partial charge in [0, 0.05) is 35.9 Å². The maximum atomic E-state index is 12.5. The van der Waals surface area contributed by atoms with Crippen LogP contribution in [0.3, 0.4) is 0 Å². The van der Waals surface area contributed by atoms with Crippen molar-refractivity contribution in [2.75, 3.05) is 33.1 Å². The van der Waals surface area contributed by atoms with Gasteiger partial charge < -0.3 is 9.32 Å². The molecule has 0 radical (unpaired) electrons. The molecule has 25 heavy (non-hydrogen) atoms. The van der Waals surface area contributed by atoms with E-state index >= 15 is 0 Å². The Morgan fingerprint density at radius 1 is 1.00 bits per heavy atom. The number of rotatable bonds is 1. The minimum Gasteiger partial charge on any atom is -0.422 e. The molecule has 2 aromatic carbocycles. The van der Waals surface area contributed by atoms with E-state index in [1.807, 2.05) is 51.0 Å². The van der Waals surface area contributed by atoms with E-state index in [1.165, 1.54) is 0 Å². The van der Waals surface area contributed by atoms with E-state index in [1.54, 1.807) is 11.3 Å². The average Bonchev–Trinajstić information content (AvgIpc) is 2.59. The summed E-state index contributed by atoms with van der Waals surface area (Å²) in [7, 11) is 8.00. The third-order valence-electron chi connectivity index (χ3n) is 4.42. The Labute approximate surface area is 148 Å². The van der Waals surface area contributed by atoms with Gasteiger partial charge in [0.15, 0.2) is 0 Å². The molecule has 0 aliphatic carbocycles. The number of anilines is 1. The summed E-state index contributed by atoms with van der Waals surface area (Å²) in [5.41, 5.74) is 1.49. The van der Waals surface area contributed by atoms with Crippen LogP contribution in [0.25, 0.3) is 31.1 Å². The molecule has 0 aliphatic rings. The maximum absolute atomic E-state index is 12.5. The molecule has 0 saturated heterocycles. The quantitative estimate of drug-likeness (QED) is 0.229. The molecule has 0 atom stereocenters. The third kappa shape index (κ3) is 2.61. The molecule has 2 heterocycles. The SMILES string of the molecule is CN(C)c1ccc2cc3c(=O)oc4cc(=[N+](C)C)ccc4c3sc2c1. The lowest BCUT2D eigenvalue weighted by molar-refractivity contribution is 0.569. The van der Waals surface area contributed by atoms with E-state index in [0.717, 1.165) is 31.2 Å². The molecule has 0 unspecified atom stereocenters. The molecule has 0 fully saturated rings. The van der Waals surface area contributed by atoms with Crippen LogP contribution in [0.5, 0.6) is 0 Å². The highest BCUT2D eigenvalue weighted by molar-refractivity contribution is 7.25. The first kappa shape index (κ1) is 15.8. The highest BCUT2D eigenvalue weighted by atomic mass is 32.1. The van der Waals surface area contributed by atoms with Crippen LogP contribution in [-0.2, 0) is 0 Å². The normalized spacial score (nSPS) is 11.4. The van der Waals surface area contributed by atoms with Crippen LogP contribution in [0.4, 0.5) is 5.69 Å². The van der Waals surface area contributed by atoms with Crippen molar-refractivity contribution >= 4 is 48.2 Å². The summed E-state index contributed by atoms with van der Waals surface area (Å²) >= 11 is 1.64. The molecule has 4 nitrogen and oxygen atoms in total. The summed E-state index contributed by atoms with van der Waals surface area (Å²) in [6, 6.07) is 14.2. The molecule has 0 bridgehead atoms. The zero-order chi connectivity index (χ0) is 17.7. The Hall–Kier alpha value is -2.66. The van der Waals surface area contributed by atoms with E-state index < -0.39 is 0 Å². The number of nitrogens with zero attached hydrogens (tertiary/aromatic N) is 2. The van der Waals surface area contributed by atoms with Gasteiger partial charge in [-0.3, -0.25) is 0 Å². The number of hydrogen-bond donors (Lipinski definition) is 0. The third-order valence-corrected chi connectivity index (χ3v) is 5.64. The van der Waals surface area contributed by atoms with Crippen molar-refractivity contribution in [1.29, 1.82) is 0 Å². The summed E-state index contributed by atoms with van der Waals surface area (Å²) in [6.07, 6.45) is 0. The van der Waals surface area contributed by atoms with Crippen LogP contribution in [0.15, 0.2) is 51.7 Å². The molecule has 126 valence electrons. The molecule has 0 N–H and O–H groups in total. The number of benzene rings is 2. The van der Waals surface area contributed by atoms with Gasteiger partial charge in [0.1, 0.15) is 19.7 Å². The molecule has 2 aromatic heterocycles. The predicted octanol–water partition coefficient (Wildman–Crippen LogP) is 3.26. The van der Waals surface area contributed by atoms with Gasteiger partial charge in [-0.25, -0.2) is 9.37 Å². The molecule has 0 amide bonds. The Morgan fingerprint density at radius 3 is 2.52 bits per heavy atom. The van der Waals surface area contributed by atoms with Gasteiger partial charge in [-0.1, -0.05) is 6.07 Å². The molecule has 0 spiro atoms. The molecule has 0 saturated carbocycles. The molecule has 4 aromatic rings. The first-order valence-electron chi connectivity index (χ1n) is 8.06. The zero-order valence-electron chi connectivity index (χ0n) is 14.7. The van der Waals surface area contributed by atoms with Crippen LogP contribution in [0.2, 0.25) is 0 Å². The Bertz CT molecular complexity index is 1260. The zero-order valence-corrected chi connectivity index (χ0v) is 15.5. The lowest BCUT2D eigenvalue weighted by Crippen LogP contribution is -2.20. The summed E-state index contributed by atoms with van der Waals surface area (Å²) in [5, 5.41) is 3.68. The van der Waals surface area contributed by atoms with Crippen LogP contribution in [0.1, 0.15) is 0 Å². The molecule has 4 rings (SSSR count). The van der Waals surface area contributed by atoms with Crippen molar-refractivity contribution in [3.63, 3.8) is 0 Å². The van der Waals surface area contributed by atoms with Crippen LogP contribution < -0.4 is 20.5 Å². The maximum Gasteiger partial charge on any atom is 0.345 e. The summed E-state index contributed by atoms with van der Waals surface area (Å²) < 4.78 is 9.72. The second-order valence-corrected chi connectivity index (χ2v) is 7.62. The fourth-order valence-corrected chi connectivity index (χ4v) is 4.14. The van der Waals surface area contributed by atoms with Crippen LogP contribution in [0, 0.1) is 0 Å². The fraction of sp³-hybridized carbons (Fsp3) is 0.200. The van der Waals surface area contributed by atoms with E-state index in [2.05, 4.69) is 29.2 Å². The van der Waals surface area contributed by atoms with Gasteiger partial charge in [0.05, 0.1) is 16.2 Å². The van der Waals surface area contributed by atoms with Crippen molar-refractivity contribution in [2.24, 2.45) is 0 Å². The Balaban J connectivity index is 2.15. The second-order valence-electron chi connectivity index (χ2n) is 6.57. The topological polar surface area (TPSA) is 36.5 Å². The van der Waals surface area contributed by atoms with Gasteiger partial charge in [0.25, 0.3) is 0 Å². The molecular formula is C20H19N2O2S+. The average molecular weight is 351 g/mol. The monoisotopic (exact) mass is 351 g/mol. The Morgan fingerprint density at radius 2 is 1.80 bits per heavy atom. The summed E-state index contributed by atoms with van der Waals surface area (Å²) in [4.78, 5) is 14.6. The minimum absolute atomic E-state index is 0.284. The van der Waals surface area contributed by atoms with Crippen LogP contribution in [-0.4, -0.2) is 28.2 Å². The smallest absolute Gasteiger partial charge is 0.345 e. The molecular weight excluding hydrogens is 332 g/mol. The molecule has 5 heteroatoms. The van der Waals surface area contributed by atoms with Gasteiger partial charge >= 0.3 is 5.63 Å². The standard InChI is InChI=1S/C20H19N2O2S/c1-21(2)13-7-8-15-17(10-13)24-20(23)16-9-12-5-6-14(22(3)4)11-18(12)25-19(15)16/h5-11H,1-4H3/q+1. The van der Waals surface area contributed by atoms with Gasteiger partial charge in [-0.05, 0) is 29.7 Å². The number of hydrogen-bond acceptors (Lipinski definition) is 4. The van der Waals surface area contributed by atoms with E-state index in [0.29, 0.717) is 11.0 Å². The lowest BCUT2D eigenvalue weighted by atomic mass is 10.1. The number of fused-ring (bicyclic) bond motifs is 4. The highest BCUT2D eigenvalue weighted by Crippen LogP contribution is 2.33. The van der Waals surface area contributed by atoms with Crippen molar-refractivity contribution in [2.45, 2.75) is 0 Å². The Kier molecular flexibility index (Phi) is 3.62. The largest absolute Gasteiger partial charge is 0.422 e. The lowest BCUT2D eigenvalue weighted by Gasteiger charge is -2.13. The van der Waals surface area contributed by atoms with Gasteiger partial charge in [0.2, 0.25) is 5.36 Å². The van der Waals surface area contributed by atoms with Crippen molar-refractivity contribution in [3.8, 4) is 0 Å². The summed E-state index contributed by atoms with van der Waals surface area (Å²) in [5.74, 6) is 0. The first-order valence-corrected chi connectivity index (χ1v) is 8.88. The predicted molar refractivity (Wildman–Crippen MR) is 107 cm³/mol. The van der Waals surface area contributed by atoms with E-state index in [-0.39, 0.29) is 5.63 Å². The first-order chi connectivity index (χ1) is 11.9. The fourth-order valence-electron chi connectivity index (χ4n) is 2.96. The van der Waals surface area contributed by atoms with E-state index in [9.17, 15) is 4.79 Å². The van der Waals surface area contributed by atoms with Crippen molar-refractivity contribution in [1.82, 2.24) is 4.58 Å². The van der Waals surface area contributed by atoms with Gasteiger partial charge in [-0.15, -0.1) is 11.3 Å². The minimum atomic E-state index is -0.284. The molecule has 0 aliphatic heterocycles. The second kappa shape index (κ2) is 5.70. The highest BCUT2D eigenvalue weighted by Gasteiger charge is 2.11. The summed E-state index contributed by atoms with van der Waals surface area (Å²) in [6.45, 7) is 0. The van der Waals surface area contributed by atoms with Crippen molar-refractivity contribution in [3.05, 3.63) is 58.2 Å². The van der Waals surface area contributed by atoms with E-state index in [4.69, 9.17) is 4.42 Å². The van der Waals surface area contributed by atoms with Gasteiger partial charge in [-0.2, -0.15) is 0 Å². The van der Waals surface area contributed by atoms with Crippen molar-refractivity contribution < 1.29 is 4.42 Å².